The summed E-state index contributed by atoms with van der Waals surface area (Å²) in [5, 5.41) is 13.5. The number of hydrogen-bond donors (Lipinski definition) is 1. The molecule has 0 spiro atoms. The molecule has 1 aliphatic carbocycles. The number of rotatable bonds is 6. The first-order valence-electron chi connectivity index (χ1n) is 7.91. The highest BCUT2D eigenvalue weighted by Crippen LogP contribution is 2.39. The molecule has 1 aromatic rings. The van der Waals surface area contributed by atoms with E-state index in [1.165, 1.54) is 12.8 Å². The van der Waals surface area contributed by atoms with Crippen LogP contribution in [-0.2, 0) is 11.3 Å². The van der Waals surface area contributed by atoms with Crippen molar-refractivity contribution < 1.29 is 14.4 Å². The molecule has 116 valence electrons. The number of nitrogens with zero attached hydrogens (tertiary/aromatic N) is 3. The largest absolute Gasteiger partial charge is 0.481 e. The normalized spacial score (nSPS) is 22.3. The molecule has 2 aliphatic rings. The third-order valence-corrected chi connectivity index (χ3v) is 4.78. The van der Waals surface area contributed by atoms with Crippen molar-refractivity contribution in [1.29, 1.82) is 0 Å². The second-order valence-electron chi connectivity index (χ2n) is 6.43. The second kappa shape index (κ2) is 5.75. The standard InChI is InChI=1S/C15H23N3O3/c1-2-5-15(14(19)20)6-8-18(9-7-15)10-12-16-13(17-21-12)11-3-4-11/h11H,2-10H2,1H3,(H,19,20). The van der Waals surface area contributed by atoms with E-state index in [4.69, 9.17) is 4.52 Å². The highest BCUT2D eigenvalue weighted by molar-refractivity contribution is 5.74. The van der Waals surface area contributed by atoms with Crippen LogP contribution in [0.4, 0.5) is 0 Å². The Morgan fingerprint density at radius 2 is 2.14 bits per heavy atom. The summed E-state index contributed by atoms with van der Waals surface area (Å²) in [4.78, 5) is 18.2. The third-order valence-electron chi connectivity index (χ3n) is 4.78. The quantitative estimate of drug-likeness (QED) is 0.867. The molecule has 1 aliphatic heterocycles. The number of piperidine rings is 1. The van der Waals surface area contributed by atoms with Crippen molar-refractivity contribution in [3.63, 3.8) is 0 Å². The Labute approximate surface area is 124 Å². The Kier molecular flexibility index (Phi) is 3.97. The number of hydrogen-bond acceptors (Lipinski definition) is 5. The van der Waals surface area contributed by atoms with Gasteiger partial charge in [0, 0.05) is 5.92 Å². The lowest BCUT2D eigenvalue weighted by Crippen LogP contribution is -2.44. The van der Waals surface area contributed by atoms with Gasteiger partial charge in [0.2, 0.25) is 5.89 Å². The summed E-state index contributed by atoms with van der Waals surface area (Å²) in [6.07, 6.45) is 5.44. The van der Waals surface area contributed by atoms with Crippen molar-refractivity contribution >= 4 is 5.97 Å². The summed E-state index contributed by atoms with van der Waals surface area (Å²) in [7, 11) is 0. The monoisotopic (exact) mass is 293 g/mol. The fourth-order valence-electron chi connectivity index (χ4n) is 3.22. The molecule has 0 radical (unpaired) electrons. The Hall–Kier alpha value is -1.43. The number of likely N-dealkylation sites (tertiary alicyclic amines) is 1. The lowest BCUT2D eigenvalue weighted by Gasteiger charge is -2.38. The molecule has 21 heavy (non-hydrogen) atoms. The maximum Gasteiger partial charge on any atom is 0.309 e. The molecular weight excluding hydrogens is 270 g/mol. The van der Waals surface area contributed by atoms with Crippen LogP contribution in [-0.4, -0.2) is 39.2 Å². The maximum atomic E-state index is 11.6. The van der Waals surface area contributed by atoms with Crippen LogP contribution >= 0.6 is 0 Å². The van der Waals surface area contributed by atoms with E-state index in [0.29, 0.717) is 31.2 Å². The van der Waals surface area contributed by atoms with Gasteiger partial charge >= 0.3 is 5.97 Å². The van der Waals surface area contributed by atoms with E-state index in [9.17, 15) is 9.90 Å². The summed E-state index contributed by atoms with van der Waals surface area (Å²) in [6, 6.07) is 0. The smallest absolute Gasteiger partial charge is 0.309 e. The third kappa shape index (κ3) is 3.10. The van der Waals surface area contributed by atoms with Crippen LogP contribution in [0.1, 0.15) is 63.1 Å². The van der Waals surface area contributed by atoms with E-state index in [0.717, 1.165) is 31.8 Å². The van der Waals surface area contributed by atoms with Crippen LogP contribution in [0.15, 0.2) is 4.52 Å². The number of carboxylic acids is 1. The van der Waals surface area contributed by atoms with Gasteiger partial charge < -0.3 is 9.63 Å². The van der Waals surface area contributed by atoms with Gasteiger partial charge in [-0.15, -0.1) is 0 Å². The average molecular weight is 293 g/mol. The van der Waals surface area contributed by atoms with Gasteiger partial charge in [-0.25, -0.2) is 0 Å². The summed E-state index contributed by atoms with van der Waals surface area (Å²) >= 11 is 0. The summed E-state index contributed by atoms with van der Waals surface area (Å²) in [5.74, 6) is 1.37. The number of carbonyl (C=O) groups is 1. The van der Waals surface area contributed by atoms with Crippen LogP contribution in [0.2, 0.25) is 0 Å². The molecule has 3 rings (SSSR count). The molecule has 6 heteroatoms. The van der Waals surface area contributed by atoms with Gasteiger partial charge in [0.1, 0.15) is 0 Å². The van der Waals surface area contributed by atoms with Crippen molar-refractivity contribution in [2.45, 2.75) is 57.9 Å². The summed E-state index contributed by atoms with van der Waals surface area (Å²) in [6.45, 7) is 4.26. The highest BCUT2D eigenvalue weighted by atomic mass is 16.5. The molecular formula is C15H23N3O3. The van der Waals surface area contributed by atoms with Crippen molar-refractivity contribution in [1.82, 2.24) is 15.0 Å². The zero-order valence-corrected chi connectivity index (χ0v) is 12.5. The van der Waals surface area contributed by atoms with Crippen molar-refractivity contribution in [3.05, 3.63) is 11.7 Å². The number of aliphatic carboxylic acids is 1. The van der Waals surface area contributed by atoms with Gasteiger partial charge in [0.05, 0.1) is 12.0 Å². The van der Waals surface area contributed by atoms with Gasteiger partial charge in [0.15, 0.2) is 5.82 Å². The first kappa shape index (κ1) is 14.5. The number of aromatic nitrogens is 2. The van der Waals surface area contributed by atoms with E-state index >= 15 is 0 Å². The Morgan fingerprint density at radius 3 is 2.71 bits per heavy atom. The maximum absolute atomic E-state index is 11.6. The van der Waals surface area contributed by atoms with Crippen LogP contribution in [0.5, 0.6) is 0 Å². The fourth-order valence-corrected chi connectivity index (χ4v) is 3.22. The van der Waals surface area contributed by atoms with E-state index in [1.807, 2.05) is 0 Å². The second-order valence-corrected chi connectivity index (χ2v) is 6.43. The molecule has 0 amide bonds. The fraction of sp³-hybridized carbons (Fsp3) is 0.800. The van der Waals surface area contributed by atoms with Crippen LogP contribution < -0.4 is 0 Å². The van der Waals surface area contributed by atoms with E-state index in [1.54, 1.807) is 0 Å². The molecule has 1 saturated heterocycles. The molecule has 2 fully saturated rings. The van der Waals surface area contributed by atoms with Gasteiger partial charge in [0.25, 0.3) is 0 Å². The van der Waals surface area contributed by atoms with Crippen molar-refractivity contribution in [2.24, 2.45) is 5.41 Å². The van der Waals surface area contributed by atoms with Crippen LogP contribution in [0, 0.1) is 5.41 Å². The van der Waals surface area contributed by atoms with Crippen molar-refractivity contribution in [3.8, 4) is 0 Å². The Bertz CT molecular complexity index is 502. The predicted molar refractivity (Wildman–Crippen MR) is 75.8 cm³/mol. The molecule has 1 N–H and O–H groups in total. The van der Waals surface area contributed by atoms with Gasteiger partial charge in [-0.1, -0.05) is 18.5 Å². The zero-order chi connectivity index (χ0) is 14.9. The van der Waals surface area contributed by atoms with Gasteiger partial charge in [-0.3, -0.25) is 9.69 Å². The van der Waals surface area contributed by atoms with Crippen LogP contribution in [0.25, 0.3) is 0 Å². The van der Waals surface area contributed by atoms with E-state index in [-0.39, 0.29) is 0 Å². The lowest BCUT2D eigenvalue weighted by atomic mass is 9.75. The molecule has 1 saturated carbocycles. The van der Waals surface area contributed by atoms with Crippen molar-refractivity contribution in [2.75, 3.05) is 13.1 Å². The molecule has 0 unspecified atom stereocenters. The molecule has 0 bridgehead atoms. The number of carboxylic acid groups (broad SMARTS) is 1. The first-order chi connectivity index (χ1) is 10.1. The summed E-state index contributed by atoms with van der Waals surface area (Å²) < 4.78 is 5.30. The van der Waals surface area contributed by atoms with Gasteiger partial charge in [-0.2, -0.15) is 4.98 Å². The molecule has 0 atom stereocenters. The minimum atomic E-state index is -0.641. The molecule has 6 nitrogen and oxygen atoms in total. The molecule has 2 heterocycles. The van der Waals surface area contributed by atoms with Crippen LogP contribution in [0.3, 0.4) is 0 Å². The average Bonchev–Trinajstić information content (AvgIpc) is 3.22. The highest BCUT2D eigenvalue weighted by Gasteiger charge is 2.40. The Balaban J connectivity index is 1.55. The van der Waals surface area contributed by atoms with E-state index in [2.05, 4.69) is 22.0 Å². The van der Waals surface area contributed by atoms with E-state index < -0.39 is 11.4 Å². The zero-order valence-electron chi connectivity index (χ0n) is 12.5. The summed E-state index contributed by atoms with van der Waals surface area (Å²) in [5.41, 5.74) is -0.529. The first-order valence-corrected chi connectivity index (χ1v) is 7.91. The molecule has 0 aromatic carbocycles. The SMILES string of the molecule is CCCC1(C(=O)O)CCN(Cc2nc(C3CC3)no2)CC1. The topological polar surface area (TPSA) is 79.5 Å². The minimum Gasteiger partial charge on any atom is -0.481 e. The lowest BCUT2D eigenvalue weighted by molar-refractivity contribution is -0.152. The minimum absolute atomic E-state index is 0.507. The predicted octanol–water partition coefficient (Wildman–Crippen LogP) is 2.41. The van der Waals surface area contributed by atoms with Gasteiger partial charge in [-0.05, 0) is 45.2 Å². The molecule has 1 aromatic heterocycles. The Morgan fingerprint density at radius 1 is 1.43 bits per heavy atom.